The van der Waals surface area contributed by atoms with Gasteiger partial charge in [0.05, 0.1) is 12.8 Å². The maximum Gasteiger partial charge on any atom is 0.200 e. The molecule has 0 bridgehead atoms. The lowest BCUT2D eigenvalue weighted by Crippen LogP contribution is -2.09. The Hall–Kier alpha value is -2.64. The Kier molecular flexibility index (Phi) is 5.06. The highest BCUT2D eigenvalue weighted by Gasteiger charge is 2.25. The third-order valence-electron chi connectivity index (χ3n) is 3.29. The van der Waals surface area contributed by atoms with Crippen LogP contribution in [0.2, 0.25) is 0 Å². The molecule has 128 valence electrons. The summed E-state index contributed by atoms with van der Waals surface area (Å²) in [7, 11) is 1.43. The van der Waals surface area contributed by atoms with E-state index in [9.17, 15) is 22.0 Å². The molecule has 0 aliphatic rings. The van der Waals surface area contributed by atoms with Crippen molar-refractivity contribution in [1.82, 2.24) is 0 Å². The lowest BCUT2D eigenvalue weighted by molar-refractivity contribution is 0.381. The van der Waals surface area contributed by atoms with Gasteiger partial charge < -0.3 is 4.74 Å². The third-order valence-corrected chi connectivity index (χ3v) is 3.29. The molecule has 1 N–H and O–H groups in total. The van der Waals surface area contributed by atoms with E-state index in [-0.39, 0.29) is 5.71 Å². The summed E-state index contributed by atoms with van der Waals surface area (Å²) < 4.78 is 71.6. The van der Waals surface area contributed by atoms with Crippen LogP contribution in [0.15, 0.2) is 23.3 Å². The van der Waals surface area contributed by atoms with Crippen LogP contribution in [-0.4, -0.2) is 12.8 Å². The van der Waals surface area contributed by atoms with Crippen molar-refractivity contribution >= 4 is 11.4 Å². The first-order valence-electron chi connectivity index (χ1n) is 6.74. The summed E-state index contributed by atoms with van der Waals surface area (Å²) in [5, 5.41) is 3.70. The zero-order valence-electron chi connectivity index (χ0n) is 13.0. The molecule has 2 aromatic rings. The zero-order chi connectivity index (χ0) is 18.0. The van der Waals surface area contributed by atoms with Crippen molar-refractivity contribution in [2.45, 2.75) is 13.8 Å². The number of anilines is 1. The smallest absolute Gasteiger partial charge is 0.200 e. The van der Waals surface area contributed by atoms with Crippen LogP contribution in [-0.2, 0) is 0 Å². The van der Waals surface area contributed by atoms with E-state index in [4.69, 9.17) is 4.74 Å². The van der Waals surface area contributed by atoms with E-state index in [1.165, 1.54) is 14.0 Å². The van der Waals surface area contributed by atoms with Crippen LogP contribution in [0.1, 0.15) is 18.1 Å². The van der Waals surface area contributed by atoms with Crippen molar-refractivity contribution in [3.63, 3.8) is 0 Å². The molecule has 3 nitrogen and oxygen atoms in total. The van der Waals surface area contributed by atoms with Gasteiger partial charge in [-0.3, -0.25) is 5.43 Å². The molecule has 0 saturated carbocycles. The highest BCUT2D eigenvalue weighted by molar-refractivity contribution is 6.01. The molecule has 0 radical (unpaired) electrons. The highest BCUT2D eigenvalue weighted by atomic mass is 19.2. The fourth-order valence-corrected chi connectivity index (χ4v) is 2.01. The summed E-state index contributed by atoms with van der Waals surface area (Å²) in [5.41, 5.74) is 2.29. The fraction of sp³-hybridized carbons (Fsp3) is 0.188. The summed E-state index contributed by atoms with van der Waals surface area (Å²) >= 11 is 0. The first kappa shape index (κ1) is 17.7. The first-order valence-corrected chi connectivity index (χ1v) is 6.74. The SMILES string of the molecule is COc1ccc(C)cc1/C(C)=N\Nc1c(F)c(F)c(F)c(F)c1F. The van der Waals surface area contributed by atoms with Crippen LogP contribution < -0.4 is 10.2 Å². The predicted octanol–water partition coefficient (Wildman–Crippen LogP) is 4.54. The monoisotopic (exact) mass is 344 g/mol. The Balaban J connectivity index is 2.44. The van der Waals surface area contributed by atoms with Gasteiger partial charge in [-0.15, -0.1) is 0 Å². The van der Waals surface area contributed by atoms with Crippen molar-refractivity contribution in [2.75, 3.05) is 12.5 Å². The van der Waals surface area contributed by atoms with Gasteiger partial charge in [0.1, 0.15) is 11.4 Å². The van der Waals surface area contributed by atoms with E-state index in [1.54, 1.807) is 18.2 Å². The molecule has 8 heteroatoms. The number of rotatable bonds is 4. The van der Waals surface area contributed by atoms with E-state index < -0.39 is 34.8 Å². The fourth-order valence-electron chi connectivity index (χ4n) is 2.01. The van der Waals surface area contributed by atoms with Gasteiger partial charge in [0.25, 0.3) is 0 Å². The Labute approximate surface area is 134 Å². The second-order valence-corrected chi connectivity index (χ2v) is 4.96. The highest BCUT2D eigenvalue weighted by Crippen LogP contribution is 2.27. The molecule has 0 spiro atoms. The van der Waals surface area contributed by atoms with E-state index in [0.29, 0.717) is 11.3 Å². The van der Waals surface area contributed by atoms with E-state index in [1.807, 2.05) is 12.3 Å². The molecular formula is C16H13F5N2O. The number of ether oxygens (including phenoxy) is 1. The van der Waals surface area contributed by atoms with Crippen molar-refractivity contribution in [2.24, 2.45) is 5.10 Å². The summed E-state index contributed by atoms with van der Waals surface area (Å²) in [6, 6.07) is 5.16. The van der Waals surface area contributed by atoms with Gasteiger partial charge >= 0.3 is 0 Å². The van der Waals surface area contributed by atoms with E-state index >= 15 is 0 Å². The number of halogens is 5. The van der Waals surface area contributed by atoms with Crippen molar-refractivity contribution in [1.29, 1.82) is 0 Å². The van der Waals surface area contributed by atoms with Gasteiger partial charge in [0, 0.05) is 5.56 Å². The minimum Gasteiger partial charge on any atom is -0.496 e. The van der Waals surface area contributed by atoms with E-state index in [2.05, 4.69) is 5.10 Å². The molecule has 0 aromatic heterocycles. The molecule has 0 amide bonds. The average Bonchev–Trinajstić information content (AvgIpc) is 2.58. The lowest BCUT2D eigenvalue weighted by atomic mass is 10.1. The summed E-state index contributed by atoms with van der Waals surface area (Å²) in [6.45, 7) is 3.31. The molecule has 0 aliphatic carbocycles. The van der Waals surface area contributed by atoms with Gasteiger partial charge in [-0.05, 0) is 26.0 Å². The third kappa shape index (κ3) is 3.17. The van der Waals surface area contributed by atoms with Crippen LogP contribution in [0, 0.1) is 36.0 Å². The first-order chi connectivity index (χ1) is 11.3. The minimum absolute atomic E-state index is 0.236. The second-order valence-electron chi connectivity index (χ2n) is 4.96. The lowest BCUT2D eigenvalue weighted by Gasteiger charge is -2.11. The minimum atomic E-state index is -2.23. The number of benzene rings is 2. The number of nitrogens with zero attached hydrogens (tertiary/aromatic N) is 1. The second kappa shape index (κ2) is 6.86. The van der Waals surface area contributed by atoms with Crippen molar-refractivity contribution < 1.29 is 26.7 Å². The van der Waals surface area contributed by atoms with Crippen molar-refractivity contribution in [3.05, 3.63) is 58.4 Å². The van der Waals surface area contributed by atoms with Crippen LogP contribution >= 0.6 is 0 Å². The maximum atomic E-state index is 13.6. The maximum absolute atomic E-state index is 13.6. The Morgan fingerprint density at radius 1 is 0.958 bits per heavy atom. The standard InChI is InChI=1S/C16H13F5N2O/c1-7-4-5-10(24-3)9(6-7)8(2)22-23-16-14(20)12(18)11(17)13(19)15(16)21/h4-6,23H,1-3H3/b22-8-. The molecular weight excluding hydrogens is 331 g/mol. The summed E-state index contributed by atoms with van der Waals surface area (Å²) in [5.74, 6) is -9.84. The predicted molar refractivity (Wildman–Crippen MR) is 79.8 cm³/mol. The van der Waals surface area contributed by atoms with E-state index in [0.717, 1.165) is 5.56 Å². The number of aryl methyl sites for hydroxylation is 1. The largest absolute Gasteiger partial charge is 0.496 e. The van der Waals surface area contributed by atoms with Gasteiger partial charge in [0.2, 0.25) is 5.82 Å². The number of nitrogens with one attached hydrogen (secondary N) is 1. The Morgan fingerprint density at radius 2 is 1.50 bits per heavy atom. The molecule has 2 rings (SSSR count). The molecule has 0 aliphatic heterocycles. The van der Waals surface area contributed by atoms with Gasteiger partial charge in [-0.1, -0.05) is 11.6 Å². The molecule has 24 heavy (non-hydrogen) atoms. The molecule has 0 fully saturated rings. The number of hydrogen-bond acceptors (Lipinski definition) is 3. The number of hydrazone groups is 1. The van der Waals surface area contributed by atoms with Gasteiger partial charge in [-0.25, -0.2) is 22.0 Å². The molecule has 0 heterocycles. The molecule has 0 atom stereocenters. The molecule has 0 saturated heterocycles. The Morgan fingerprint density at radius 3 is 2.04 bits per heavy atom. The quantitative estimate of drug-likeness (QED) is 0.291. The molecule has 2 aromatic carbocycles. The molecule has 0 unspecified atom stereocenters. The summed E-state index contributed by atoms with van der Waals surface area (Å²) in [4.78, 5) is 0. The number of hydrogen-bond donors (Lipinski definition) is 1. The van der Waals surface area contributed by atoms with Crippen LogP contribution in [0.4, 0.5) is 27.6 Å². The van der Waals surface area contributed by atoms with Crippen molar-refractivity contribution in [3.8, 4) is 5.75 Å². The summed E-state index contributed by atoms with van der Waals surface area (Å²) in [6.07, 6.45) is 0. The Bertz CT molecular complexity index is 792. The van der Waals surface area contributed by atoms with Crippen LogP contribution in [0.5, 0.6) is 5.75 Å². The van der Waals surface area contributed by atoms with Crippen LogP contribution in [0.3, 0.4) is 0 Å². The normalized spacial score (nSPS) is 11.6. The van der Waals surface area contributed by atoms with Gasteiger partial charge in [-0.2, -0.15) is 5.10 Å². The van der Waals surface area contributed by atoms with Gasteiger partial charge in [0.15, 0.2) is 23.3 Å². The van der Waals surface area contributed by atoms with Crippen LogP contribution in [0.25, 0.3) is 0 Å². The average molecular weight is 344 g/mol. The zero-order valence-corrected chi connectivity index (χ0v) is 13.0. The topological polar surface area (TPSA) is 33.6 Å². The number of methoxy groups -OCH3 is 1.